The molecule has 0 aromatic carbocycles. The van der Waals surface area contributed by atoms with Crippen molar-refractivity contribution in [2.24, 2.45) is 23.7 Å². The maximum absolute atomic E-state index is 12.1. The van der Waals surface area contributed by atoms with E-state index in [1.54, 1.807) is 62.7 Å². The molecule has 2 heterocycles. The van der Waals surface area contributed by atoms with E-state index in [9.17, 15) is 19.2 Å². The van der Waals surface area contributed by atoms with Crippen LogP contribution in [0.5, 0.6) is 0 Å². The summed E-state index contributed by atoms with van der Waals surface area (Å²) in [5.74, 6) is -1.80. The Bertz CT molecular complexity index is 1200. The zero-order valence-electron chi connectivity index (χ0n) is 22.5. The zero-order chi connectivity index (χ0) is 28.5. The van der Waals surface area contributed by atoms with Crippen molar-refractivity contribution >= 4 is 23.9 Å². The average Bonchev–Trinajstić information content (AvgIpc) is 3.89. The number of allylic oxidation sites excluding steroid dienone is 2. The van der Waals surface area contributed by atoms with E-state index in [1.807, 2.05) is 0 Å². The second-order valence-electron chi connectivity index (χ2n) is 9.55. The zero-order valence-corrected chi connectivity index (χ0v) is 22.5. The molecule has 2 aromatic heterocycles. The fraction of sp³-hybridized carbons (Fsp3) is 0.400. The van der Waals surface area contributed by atoms with Crippen LogP contribution in [0.4, 0.5) is 0 Å². The third-order valence-electron chi connectivity index (χ3n) is 6.49. The molecule has 0 bridgehead atoms. The van der Waals surface area contributed by atoms with Crippen molar-refractivity contribution < 1.29 is 38.1 Å². The molecule has 4 atom stereocenters. The van der Waals surface area contributed by atoms with Crippen LogP contribution in [0, 0.1) is 23.7 Å². The molecule has 2 fully saturated rings. The standard InChI is InChI=1S/C30H32N2O8/c1-3-37-29(35)23-15-21(23)5-7-27(33)39-17-19-9-11-31-25(13-19)26-14-20(10-12-32-26)18-40-28(34)8-6-22-16-24(22)30(36)38-4-2/h5-14,21-24H,3-4,15-18H2,1-2H3/b7-5+,8-6+/t21-,22-,23+,24+/m1/s1. The van der Waals surface area contributed by atoms with E-state index in [-0.39, 0.29) is 48.8 Å². The molecule has 10 nitrogen and oxygen atoms in total. The summed E-state index contributed by atoms with van der Waals surface area (Å²) >= 11 is 0. The summed E-state index contributed by atoms with van der Waals surface area (Å²) in [6, 6.07) is 7.02. The molecule has 0 aliphatic heterocycles. The predicted molar refractivity (Wildman–Crippen MR) is 142 cm³/mol. The van der Waals surface area contributed by atoms with Gasteiger partial charge in [-0.15, -0.1) is 0 Å². The highest BCUT2D eigenvalue weighted by Crippen LogP contribution is 2.41. The first-order valence-corrected chi connectivity index (χ1v) is 13.3. The Hall–Kier alpha value is -4.34. The fourth-order valence-corrected chi connectivity index (χ4v) is 4.11. The van der Waals surface area contributed by atoms with Crippen LogP contribution in [0.3, 0.4) is 0 Å². The van der Waals surface area contributed by atoms with Crippen molar-refractivity contribution in [3.8, 4) is 11.4 Å². The number of ether oxygens (including phenoxy) is 4. The van der Waals surface area contributed by atoms with Gasteiger partial charge in [-0.05, 0) is 73.9 Å². The van der Waals surface area contributed by atoms with E-state index in [1.165, 1.54) is 12.2 Å². The topological polar surface area (TPSA) is 131 Å². The van der Waals surface area contributed by atoms with Crippen LogP contribution in [0.25, 0.3) is 11.4 Å². The Kier molecular flexibility index (Phi) is 9.77. The molecular weight excluding hydrogens is 516 g/mol. The lowest BCUT2D eigenvalue weighted by Gasteiger charge is -2.07. The molecule has 0 amide bonds. The van der Waals surface area contributed by atoms with Crippen molar-refractivity contribution in [1.29, 1.82) is 0 Å². The molecule has 0 N–H and O–H groups in total. The lowest BCUT2D eigenvalue weighted by molar-refractivity contribution is -0.145. The number of rotatable bonds is 13. The van der Waals surface area contributed by atoms with Gasteiger partial charge in [0.25, 0.3) is 0 Å². The van der Waals surface area contributed by atoms with Gasteiger partial charge in [0.15, 0.2) is 0 Å². The van der Waals surface area contributed by atoms with Gasteiger partial charge in [0.05, 0.1) is 36.4 Å². The molecule has 40 heavy (non-hydrogen) atoms. The van der Waals surface area contributed by atoms with Gasteiger partial charge in [-0.25, -0.2) is 9.59 Å². The maximum Gasteiger partial charge on any atom is 0.330 e. The van der Waals surface area contributed by atoms with E-state index in [0.717, 1.165) is 11.1 Å². The maximum atomic E-state index is 12.1. The lowest BCUT2D eigenvalue weighted by atomic mass is 10.1. The quantitative estimate of drug-likeness (QED) is 0.207. The summed E-state index contributed by atoms with van der Waals surface area (Å²) in [4.78, 5) is 56.3. The van der Waals surface area contributed by atoms with Crippen molar-refractivity contribution in [2.45, 2.75) is 39.9 Å². The number of pyridine rings is 2. The highest BCUT2D eigenvalue weighted by molar-refractivity contribution is 5.83. The summed E-state index contributed by atoms with van der Waals surface area (Å²) < 4.78 is 20.6. The van der Waals surface area contributed by atoms with Crippen LogP contribution in [0.1, 0.15) is 37.8 Å². The highest BCUT2D eigenvalue weighted by atomic mass is 16.5. The Balaban J connectivity index is 1.24. The van der Waals surface area contributed by atoms with Gasteiger partial charge in [0.1, 0.15) is 13.2 Å². The highest BCUT2D eigenvalue weighted by Gasteiger charge is 2.43. The summed E-state index contributed by atoms with van der Waals surface area (Å²) in [6.07, 6.45) is 10.6. The predicted octanol–water partition coefficient (Wildman–Crippen LogP) is 3.74. The average molecular weight is 549 g/mol. The number of aromatic nitrogens is 2. The van der Waals surface area contributed by atoms with Gasteiger partial charge in [-0.1, -0.05) is 12.2 Å². The van der Waals surface area contributed by atoms with Crippen LogP contribution < -0.4 is 0 Å². The lowest BCUT2D eigenvalue weighted by Crippen LogP contribution is -2.07. The number of hydrogen-bond acceptors (Lipinski definition) is 10. The Labute approximate surface area is 232 Å². The largest absolute Gasteiger partial charge is 0.466 e. The van der Waals surface area contributed by atoms with E-state index < -0.39 is 11.9 Å². The number of nitrogens with zero attached hydrogens (tertiary/aromatic N) is 2. The molecule has 2 aliphatic carbocycles. The van der Waals surface area contributed by atoms with Crippen LogP contribution in [0.15, 0.2) is 61.0 Å². The third kappa shape index (κ3) is 8.33. The molecule has 4 rings (SSSR count). The summed E-state index contributed by atoms with van der Waals surface area (Å²) in [6.45, 7) is 4.30. The van der Waals surface area contributed by atoms with Crippen molar-refractivity contribution in [3.05, 3.63) is 72.1 Å². The Morgan fingerprint density at radius 3 is 1.55 bits per heavy atom. The molecule has 10 heteroatoms. The Morgan fingerprint density at radius 1 is 0.725 bits per heavy atom. The molecule has 0 radical (unpaired) electrons. The molecule has 2 saturated carbocycles. The number of esters is 4. The van der Waals surface area contributed by atoms with E-state index in [4.69, 9.17) is 18.9 Å². The van der Waals surface area contributed by atoms with E-state index in [0.29, 0.717) is 37.4 Å². The minimum Gasteiger partial charge on any atom is -0.466 e. The SMILES string of the molecule is CCOC(=O)[C@H]1C[C@H]1/C=C/C(=O)OCc1ccnc(-c2cc(COC(=O)/C=C/[C@@H]3C[C@@H]3C(=O)OCC)ccn2)c1. The van der Waals surface area contributed by atoms with E-state index >= 15 is 0 Å². The van der Waals surface area contributed by atoms with Gasteiger partial charge in [0, 0.05) is 24.5 Å². The summed E-state index contributed by atoms with van der Waals surface area (Å²) in [5, 5.41) is 0. The van der Waals surface area contributed by atoms with Crippen molar-refractivity contribution in [2.75, 3.05) is 13.2 Å². The number of hydrogen-bond donors (Lipinski definition) is 0. The van der Waals surface area contributed by atoms with Crippen LogP contribution >= 0.6 is 0 Å². The van der Waals surface area contributed by atoms with Gasteiger partial charge in [0.2, 0.25) is 0 Å². The second-order valence-corrected chi connectivity index (χ2v) is 9.55. The monoisotopic (exact) mass is 548 g/mol. The first kappa shape index (κ1) is 28.7. The molecule has 210 valence electrons. The van der Waals surface area contributed by atoms with Crippen LogP contribution in [-0.4, -0.2) is 47.1 Å². The first-order valence-electron chi connectivity index (χ1n) is 13.3. The van der Waals surface area contributed by atoms with Gasteiger partial charge in [-0.2, -0.15) is 0 Å². The van der Waals surface area contributed by atoms with Crippen LogP contribution in [-0.2, 0) is 51.3 Å². The van der Waals surface area contributed by atoms with Crippen molar-refractivity contribution in [1.82, 2.24) is 9.97 Å². The molecule has 2 aliphatic rings. The molecule has 0 saturated heterocycles. The first-order chi connectivity index (χ1) is 19.4. The minimum atomic E-state index is -0.498. The van der Waals surface area contributed by atoms with Gasteiger partial charge in [-0.3, -0.25) is 19.6 Å². The van der Waals surface area contributed by atoms with Gasteiger partial charge >= 0.3 is 23.9 Å². The number of carbonyl (C=O) groups is 4. The summed E-state index contributed by atoms with van der Waals surface area (Å²) in [5.41, 5.74) is 2.61. The van der Waals surface area contributed by atoms with E-state index in [2.05, 4.69) is 9.97 Å². The smallest absolute Gasteiger partial charge is 0.330 e. The minimum absolute atomic E-state index is 0.00894. The molecular formula is C30H32N2O8. The second kappa shape index (κ2) is 13.6. The fourth-order valence-electron chi connectivity index (χ4n) is 4.11. The van der Waals surface area contributed by atoms with Crippen LogP contribution in [0.2, 0.25) is 0 Å². The molecule has 0 unspecified atom stereocenters. The number of carbonyl (C=O) groups excluding carboxylic acids is 4. The third-order valence-corrected chi connectivity index (χ3v) is 6.49. The summed E-state index contributed by atoms with van der Waals surface area (Å²) in [7, 11) is 0. The van der Waals surface area contributed by atoms with Crippen molar-refractivity contribution in [3.63, 3.8) is 0 Å². The normalized spacial score (nSPS) is 21.1. The Morgan fingerprint density at radius 2 is 1.15 bits per heavy atom. The molecule has 2 aromatic rings. The molecule has 0 spiro atoms. The van der Waals surface area contributed by atoms with Gasteiger partial charge < -0.3 is 18.9 Å².